The van der Waals surface area contributed by atoms with Crippen molar-refractivity contribution in [2.45, 2.75) is 52.5 Å². The first kappa shape index (κ1) is 23.9. The SMILES string of the molecule is CCNC(=NCCN1CCS(=O)(=O)CC1)NC1CCC(C(C)C)CC1.I. The number of halogens is 1. The summed E-state index contributed by atoms with van der Waals surface area (Å²) >= 11 is 0. The molecule has 1 saturated heterocycles. The molecule has 0 atom stereocenters. The van der Waals surface area contributed by atoms with Crippen LogP contribution in [0, 0.1) is 11.8 Å². The first-order valence-electron chi connectivity index (χ1n) is 9.87. The number of hydrogen-bond donors (Lipinski definition) is 2. The molecule has 2 N–H and O–H groups in total. The Labute approximate surface area is 176 Å². The van der Waals surface area contributed by atoms with Gasteiger partial charge in [0.1, 0.15) is 0 Å². The van der Waals surface area contributed by atoms with Crippen molar-refractivity contribution in [1.29, 1.82) is 0 Å². The summed E-state index contributed by atoms with van der Waals surface area (Å²) in [6.45, 7) is 10.4. The van der Waals surface area contributed by atoms with Crippen LogP contribution in [-0.2, 0) is 9.84 Å². The summed E-state index contributed by atoms with van der Waals surface area (Å²) in [4.78, 5) is 6.89. The summed E-state index contributed by atoms with van der Waals surface area (Å²) in [6, 6.07) is 0.521. The van der Waals surface area contributed by atoms with Gasteiger partial charge in [0.15, 0.2) is 15.8 Å². The third-order valence-corrected chi connectivity index (χ3v) is 7.13. The molecule has 2 rings (SSSR count). The fraction of sp³-hybridized carbons (Fsp3) is 0.944. The Morgan fingerprint density at radius 2 is 1.77 bits per heavy atom. The van der Waals surface area contributed by atoms with Gasteiger partial charge in [-0.25, -0.2) is 8.42 Å². The van der Waals surface area contributed by atoms with Crippen LogP contribution < -0.4 is 10.6 Å². The number of nitrogens with zero attached hydrogens (tertiary/aromatic N) is 2. The van der Waals surface area contributed by atoms with Crippen LogP contribution in [0.2, 0.25) is 0 Å². The number of rotatable bonds is 6. The van der Waals surface area contributed by atoms with Gasteiger partial charge in [0.2, 0.25) is 0 Å². The quantitative estimate of drug-likeness (QED) is 0.332. The predicted molar refractivity (Wildman–Crippen MR) is 120 cm³/mol. The molecule has 1 aliphatic heterocycles. The number of sulfone groups is 1. The van der Waals surface area contributed by atoms with E-state index in [-0.39, 0.29) is 35.5 Å². The highest BCUT2D eigenvalue weighted by molar-refractivity contribution is 14.0. The minimum Gasteiger partial charge on any atom is -0.357 e. The molecule has 0 bridgehead atoms. The van der Waals surface area contributed by atoms with E-state index < -0.39 is 9.84 Å². The lowest BCUT2D eigenvalue weighted by Crippen LogP contribution is -2.46. The summed E-state index contributed by atoms with van der Waals surface area (Å²) < 4.78 is 23.0. The van der Waals surface area contributed by atoms with Gasteiger partial charge in [-0.3, -0.25) is 9.89 Å². The molecule has 0 spiro atoms. The molecule has 154 valence electrons. The zero-order chi connectivity index (χ0) is 18.3. The highest BCUT2D eigenvalue weighted by Crippen LogP contribution is 2.29. The molecule has 0 unspecified atom stereocenters. The second kappa shape index (κ2) is 11.7. The van der Waals surface area contributed by atoms with Crippen molar-refractivity contribution in [3.8, 4) is 0 Å². The van der Waals surface area contributed by atoms with E-state index >= 15 is 0 Å². The van der Waals surface area contributed by atoms with Crippen molar-refractivity contribution < 1.29 is 8.42 Å². The molecule has 0 radical (unpaired) electrons. The number of guanidine groups is 1. The van der Waals surface area contributed by atoms with E-state index in [1.807, 2.05) is 0 Å². The van der Waals surface area contributed by atoms with Gasteiger partial charge in [0, 0.05) is 32.2 Å². The van der Waals surface area contributed by atoms with Gasteiger partial charge in [-0.05, 0) is 44.4 Å². The summed E-state index contributed by atoms with van der Waals surface area (Å²) in [5.41, 5.74) is 0. The largest absolute Gasteiger partial charge is 0.357 e. The van der Waals surface area contributed by atoms with E-state index in [1.165, 1.54) is 25.7 Å². The van der Waals surface area contributed by atoms with Crippen molar-refractivity contribution in [3.05, 3.63) is 0 Å². The Kier molecular flexibility index (Phi) is 10.8. The van der Waals surface area contributed by atoms with Crippen LogP contribution in [-0.4, -0.2) is 69.5 Å². The molecule has 8 heteroatoms. The number of nitrogens with one attached hydrogen (secondary N) is 2. The van der Waals surface area contributed by atoms with E-state index in [4.69, 9.17) is 4.99 Å². The van der Waals surface area contributed by atoms with Gasteiger partial charge in [-0.1, -0.05) is 13.8 Å². The zero-order valence-electron chi connectivity index (χ0n) is 16.5. The highest BCUT2D eigenvalue weighted by Gasteiger charge is 2.24. The zero-order valence-corrected chi connectivity index (χ0v) is 19.7. The van der Waals surface area contributed by atoms with Crippen LogP contribution >= 0.6 is 24.0 Å². The molecule has 2 aliphatic rings. The van der Waals surface area contributed by atoms with Crippen LogP contribution in [0.1, 0.15) is 46.5 Å². The normalized spacial score (nSPS) is 27.0. The van der Waals surface area contributed by atoms with E-state index in [0.29, 0.717) is 25.7 Å². The molecule has 0 aromatic rings. The Bertz CT molecular complexity index is 517. The van der Waals surface area contributed by atoms with Gasteiger partial charge < -0.3 is 10.6 Å². The Hall–Kier alpha value is -0.0900. The molecule has 1 saturated carbocycles. The fourth-order valence-corrected chi connectivity index (χ4v) is 5.00. The molecular weight excluding hydrogens is 463 g/mol. The second-order valence-electron chi connectivity index (χ2n) is 7.75. The minimum atomic E-state index is -2.80. The van der Waals surface area contributed by atoms with Gasteiger partial charge >= 0.3 is 0 Å². The molecule has 26 heavy (non-hydrogen) atoms. The van der Waals surface area contributed by atoms with E-state index in [0.717, 1.165) is 30.9 Å². The predicted octanol–water partition coefficient (Wildman–Crippen LogP) is 2.10. The molecule has 1 aliphatic carbocycles. The number of hydrogen-bond acceptors (Lipinski definition) is 4. The lowest BCUT2D eigenvalue weighted by molar-refractivity contribution is 0.250. The van der Waals surface area contributed by atoms with Crippen LogP contribution in [0.25, 0.3) is 0 Å². The standard InChI is InChI=1S/C18H36N4O2S.HI/c1-4-19-18(21-17-7-5-16(6-8-17)15(2)3)20-9-10-22-11-13-25(23,24)14-12-22;/h15-17H,4-14H2,1-3H3,(H2,19,20,21);1H. The first-order chi connectivity index (χ1) is 11.9. The maximum atomic E-state index is 11.5. The molecule has 6 nitrogen and oxygen atoms in total. The van der Waals surface area contributed by atoms with Crippen molar-refractivity contribution in [3.63, 3.8) is 0 Å². The Balaban J connectivity index is 0.00000338. The molecular formula is C18H37IN4O2S. The van der Waals surface area contributed by atoms with Crippen LogP contribution in [0.3, 0.4) is 0 Å². The summed E-state index contributed by atoms with van der Waals surface area (Å²) in [5.74, 6) is 3.13. The van der Waals surface area contributed by atoms with E-state index in [1.54, 1.807) is 0 Å². The van der Waals surface area contributed by atoms with E-state index in [2.05, 4.69) is 36.3 Å². The maximum absolute atomic E-state index is 11.5. The Morgan fingerprint density at radius 3 is 2.31 bits per heavy atom. The van der Waals surface area contributed by atoms with Crippen LogP contribution in [0.15, 0.2) is 4.99 Å². The highest BCUT2D eigenvalue weighted by atomic mass is 127. The summed E-state index contributed by atoms with van der Waals surface area (Å²) in [5, 5.41) is 6.93. The van der Waals surface area contributed by atoms with Gasteiger partial charge in [0.25, 0.3) is 0 Å². The molecule has 0 aromatic carbocycles. The Morgan fingerprint density at radius 1 is 1.15 bits per heavy atom. The van der Waals surface area contributed by atoms with Gasteiger partial charge in [0.05, 0.1) is 18.1 Å². The number of aliphatic imine (C=N–C) groups is 1. The first-order valence-corrected chi connectivity index (χ1v) is 11.7. The molecule has 0 aromatic heterocycles. The van der Waals surface area contributed by atoms with E-state index in [9.17, 15) is 8.42 Å². The smallest absolute Gasteiger partial charge is 0.191 e. The maximum Gasteiger partial charge on any atom is 0.191 e. The average Bonchev–Trinajstić information content (AvgIpc) is 2.57. The monoisotopic (exact) mass is 500 g/mol. The average molecular weight is 500 g/mol. The van der Waals surface area contributed by atoms with Gasteiger partial charge in [-0.15, -0.1) is 24.0 Å². The third kappa shape index (κ3) is 8.29. The summed E-state index contributed by atoms with van der Waals surface area (Å²) in [7, 11) is -2.80. The van der Waals surface area contributed by atoms with Crippen molar-refractivity contribution in [2.24, 2.45) is 16.8 Å². The third-order valence-electron chi connectivity index (χ3n) is 5.52. The van der Waals surface area contributed by atoms with Crippen molar-refractivity contribution >= 4 is 39.8 Å². The molecule has 1 heterocycles. The summed E-state index contributed by atoms with van der Waals surface area (Å²) in [6.07, 6.45) is 5.04. The lowest BCUT2D eigenvalue weighted by Gasteiger charge is -2.32. The molecule has 2 fully saturated rings. The van der Waals surface area contributed by atoms with Crippen LogP contribution in [0.4, 0.5) is 0 Å². The van der Waals surface area contributed by atoms with Crippen LogP contribution in [0.5, 0.6) is 0 Å². The van der Waals surface area contributed by atoms with Crippen molar-refractivity contribution in [1.82, 2.24) is 15.5 Å². The fourth-order valence-electron chi connectivity index (χ4n) is 3.72. The second-order valence-corrected chi connectivity index (χ2v) is 10.1. The topological polar surface area (TPSA) is 73.8 Å². The van der Waals surface area contributed by atoms with Gasteiger partial charge in [-0.2, -0.15) is 0 Å². The van der Waals surface area contributed by atoms with Crippen molar-refractivity contribution in [2.75, 3.05) is 44.2 Å². The molecule has 0 amide bonds. The lowest BCUT2D eigenvalue weighted by atomic mass is 9.80. The minimum absolute atomic E-state index is 0.